The third kappa shape index (κ3) is 6.15. The molecule has 0 heterocycles. The number of halogens is 1. The molecular formula is C15H18ClNO5. The second-order valence-corrected chi connectivity index (χ2v) is 4.89. The van der Waals surface area contributed by atoms with Crippen molar-refractivity contribution in [1.82, 2.24) is 5.32 Å². The molecule has 0 bridgehead atoms. The number of nitrogens with one attached hydrogen (secondary N) is 1. The third-order valence-electron chi connectivity index (χ3n) is 2.65. The molecule has 0 saturated heterocycles. The Bertz CT molecular complexity index is 547. The van der Waals surface area contributed by atoms with Crippen LogP contribution in [0.3, 0.4) is 0 Å². The molecule has 2 N–H and O–H groups in total. The smallest absolute Gasteiger partial charge is 0.328 e. The number of carboxylic acids is 1. The molecule has 1 aromatic carbocycles. The first-order chi connectivity index (χ1) is 10.4. The summed E-state index contributed by atoms with van der Waals surface area (Å²) in [5, 5.41) is 11.9. The standard InChI is InChI=1S/C15H18ClNO5/c1-3-6-21-8-13(15(19)20)17-14(18)9-22-11-4-5-12(16)10(2)7-11/h3-5,7,13H,1,6,8-9H2,2H3,(H,17,18)(H,19,20). The van der Waals surface area contributed by atoms with Crippen LogP contribution in [0.25, 0.3) is 0 Å². The molecule has 0 saturated carbocycles. The van der Waals surface area contributed by atoms with E-state index >= 15 is 0 Å². The maximum absolute atomic E-state index is 11.7. The molecule has 1 aromatic rings. The van der Waals surface area contributed by atoms with Crippen LogP contribution in [0.4, 0.5) is 0 Å². The molecule has 22 heavy (non-hydrogen) atoms. The molecule has 0 aliphatic carbocycles. The zero-order valence-electron chi connectivity index (χ0n) is 12.2. The molecule has 0 radical (unpaired) electrons. The highest BCUT2D eigenvalue weighted by Gasteiger charge is 2.20. The van der Waals surface area contributed by atoms with E-state index in [1.54, 1.807) is 18.2 Å². The predicted octanol–water partition coefficient (Wildman–Crippen LogP) is 1.80. The summed E-state index contributed by atoms with van der Waals surface area (Å²) < 4.78 is 10.3. The molecular weight excluding hydrogens is 310 g/mol. The summed E-state index contributed by atoms with van der Waals surface area (Å²) >= 11 is 5.89. The number of carboxylic acid groups (broad SMARTS) is 1. The average Bonchev–Trinajstić information content (AvgIpc) is 2.47. The van der Waals surface area contributed by atoms with Crippen LogP contribution in [0.15, 0.2) is 30.9 Å². The van der Waals surface area contributed by atoms with Crippen LogP contribution in [0.2, 0.25) is 5.02 Å². The summed E-state index contributed by atoms with van der Waals surface area (Å²) in [6.07, 6.45) is 1.49. The van der Waals surface area contributed by atoms with Crippen LogP contribution in [0.1, 0.15) is 5.56 Å². The fourth-order valence-electron chi connectivity index (χ4n) is 1.54. The molecule has 7 heteroatoms. The zero-order chi connectivity index (χ0) is 16.5. The Morgan fingerprint density at radius 2 is 2.23 bits per heavy atom. The van der Waals surface area contributed by atoms with E-state index in [4.69, 9.17) is 26.2 Å². The lowest BCUT2D eigenvalue weighted by atomic mass is 10.2. The van der Waals surface area contributed by atoms with E-state index in [1.807, 2.05) is 6.92 Å². The largest absolute Gasteiger partial charge is 0.484 e. The molecule has 0 aromatic heterocycles. The van der Waals surface area contributed by atoms with Crippen molar-refractivity contribution in [2.75, 3.05) is 19.8 Å². The van der Waals surface area contributed by atoms with Gasteiger partial charge in [-0.3, -0.25) is 4.79 Å². The van der Waals surface area contributed by atoms with Gasteiger partial charge >= 0.3 is 5.97 Å². The number of aryl methyl sites for hydroxylation is 1. The molecule has 0 aliphatic heterocycles. The summed E-state index contributed by atoms with van der Waals surface area (Å²) in [4.78, 5) is 22.7. The van der Waals surface area contributed by atoms with E-state index in [0.717, 1.165) is 5.56 Å². The minimum absolute atomic E-state index is 0.146. The second-order valence-electron chi connectivity index (χ2n) is 4.48. The highest BCUT2D eigenvalue weighted by Crippen LogP contribution is 2.20. The van der Waals surface area contributed by atoms with Crippen LogP contribution in [0, 0.1) is 6.92 Å². The maximum atomic E-state index is 11.7. The van der Waals surface area contributed by atoms with Crippen molar-refractivity contribution in [3.63, 3.8) is 0 Å². The zero-order valence-corrected chi connectivity index (χ0v) is 12.9. The van der Waals surface area contributed by atoms with Gasteiger partial charge in [-0.15, -0.1) is 6.58 Å². The predicted molar refractivity (Wildman–Crippen MR) is 82.3 cm³/mol. The van der Waals surface area contributed by atoms with Crippen LogP contribution >= 0.6 is 11.6 Å². The summed E-state index contributed by atoms with van der Waals surface area (Å²) in [5.74, 6) is -1.26. The van der Waals surface area contributed by atoms with E-state index in [1.165, 1.54) is 6.08 Å². The lowest BCUT2D eigenvalue weighted by molar-refractivity contribution is -0.143. The Labute approximate surface area is 133 Å². The fourth-order valence-corrected chi connectivity index (χ4v) is 1.65. The van der Waals surface area contributed by atoms with Gasteiger partial charge in [-0.05, 0) is 30.7 Å². The first-order valence-electron chi connectivity index (χ1n) is 6.53. The number of aliphatic carboxylic acids is 1. The van der Waals surface area contributed by atoms with Crippen molar-refractivity contribution in [2.45, 2.75) is 13.0 Å². The van der Waals surface area contributed by atoms with Crippen LogP contribution in [-0.2, 0) is 14.3 Å². The number of ether oxygens (including phenoxy) is 2. The van der Waals surface area contributed by atoms with Gasteiger partial charge < -0.3 is 19.9 Å². The fraction of sp³-hybridized carbons (Fsp3) is 0.333. The Hall–Kier alpha value is -2.05. The minimum Gasteiger partial charge on any atom is -0.484 e. The molecule has 1 unspecified atom stereocenters. The molecule has 1 rings (SSSR count). The van der Waals surface area contributed by atoms with Gasteiger partial charge in [0.1, 0.15) is 5.75 Å². The summed E-state index contributed by atoms with van der Waals surface area (Å²) in [5.41, 5.74) is 0.820. The van der Waals surface area contributed by atoms with Gasteiger partial charge in [-0.25, -0.2) is 4.79 Å². The lowest BCUT2D eigenvalue weighted by Crippen LogP contribution is -2.45. The van der Waals surface area contributed by atoms with Crippen molar-refractivity contribution < 1.29 is 24.2 Å². The van der Waals surface area contributed by atoms with Crippen molar-refractivity contribution in [1.29, 1.82) is 0 Å². The van der Waals surface area contributed by atoms with Gasteiger partial charge in [-0.2, -0.15) is 0 Å². The SMILES string of the molecule is C=CCOCC(NC(=O)COc1ccc(Cl)c(C)c1)C(=O)O. The number of amides is 1. The van der Waals surface area contributed by atoms with Crippen LogP contribution in [-0.4, -0.2) is 42.8 Å². The molecule has 6 nitrogen and oxygen atoms in total. The van der Waals surface area contributed by atoms with E-state index in [2.05, 4.69) is 11.9 Å². The average molecular weight is 328 g/mol. The van der Waals surface area contributed by atoms with Crippen LogP contribution in [0.5, 0.6) is 5.75 Å². The molecule has 0 aliphatic rings. The summed E-state index contributed by atoms with van der Waals surface area (Å²) in [7, 11) is 0. The number of hydrogen-bond donors (Lipinski definition) is 2. The van der Waals surface area contributed by atoms with Gasteiger partial charge in [0.2, 0.25) is 0 Å². The van der Waals surface area contributed by atoms with Crippen molar-refractivity contribution in [2.24, 2.45) is 0 Å². The Kier molecular flexibility index (Phi) is 7.42. The van der Waals surface area contributed by atoms with Gasteiger partial charge in [0.15, 0.2) is 12.6 Å². The topological polar surface area (TPSA) is 84.9 Å². The van der Waals surface area contributed by atoms with Crippen LogP contribution < -0.4 is 10.1 Å². The highest BCUT2D eigenvalue weighted by atomic mass is 35.5. The lowest BCUT2D eigenvalue weighted by Gasteiger charge is -2.14. The van der Waals surface area contributed by atoms with Crippen molar-refractivity contribution in [3.8, 4) is 5.75 Å². The van der Waals surface area contributed by atoms with Gasteiger partial charge in [0.05, 0.1) is 13.2 Å². The van der Waals surface area contributed by atoms with Gasteiger partial charge in [0, 0.05) is 5.02 Å². The number of carbonyl (C=O) groups is 2. The van der Waals surface area contributed by atoms with E-state index < -0.39 is 17.9 Å². The molecule has 120 valence electrons. The Morgan fingerprint density at radius 3 is 2.82 bits per heavy atom. The third-order valence-corrected chi connectivity index (χ3v) is 3.08. The van der Waals surface area contributed by atoms with Gasteiger partial charge in [0.25, 0.3) is 5.91 Å². The molecule has 0 spiro atoms. The Morgan fingerprint density at radius 1 is 1.50 bits per heavy atom. The number of hydrogen-bond acceptors (Lipinski definition) is 4. The van der Waals surface area contributed by atoms with E-state index in [9.17, 15) is 9.59 Å². The normalized spacial score (nSPS) is 11.5. The first-order valence-corrected chi connectivity index (χ1v) is 6.91. The second kappa shape index (κ2) is 9.07. The minimum atomic E-state index is -1.18. The van der Waals surface area contributed by atoms with E-state index in [-0.39, 0.29) is 19.8 Å². The molecule has 0 fully saturated rings. The number of carbonyl (C=O) groups excluding carboxylic acids is 1. The monoisotopic (exact) mass is 327 g/mol. The molecule has 1 amide bonds. The van der Waals surface area contributed by atoms with Crippen molar-refractivity contribution >= 4 is 23.5 Å². The molecule has 1 atom stereocenters. The summed E-state index contributed by atoms with van der Waals surface area (Å²) in [6.45, 7) is 5.03. The summed E-state index contributed by atoms with van der Waals surface area (Å²) in [6, 6.07) is 3.85. The Balaban J connectivity index is 2.47. The first kappa shape index (κ1) is 18.0. The quantitative estimate of drug-likeness (QED) is 0.533. The number of rotatable bonds is 9. The van der Waals surface area contributed by atoms with Crippen molar-refractivity contribution in [3.05, 3.63) is 41.4 Å². The van der Waals surface area contributed by atoms with E-state index in [0.29, 0.717) is 10.8 Å². The maximum Gasteiger partial charge on any atom is 0.328 e. The number of benzene rings is 1. The highest BCUT2D eigenvalue weighted by molar-refractivity contribution is 6.31. The van der Waals surface area contributed by atoms with Gasteiger partial charge in [-0.1, -0.05) is 17.7 Å².